The lowest BCUT2D eigenvalue weighted by atomic mass is 9.94. The largest absolute Gasteiger partial charge is 0.452 e. The van der Waals surface area contributed by atoms with Gasteiger partial charge in [0.15, 0.2) is 0 Å². The summed E-state index contributed by atoms with van der Waals surface area (Å²) in [5, 5.41) is 0. The summed E-state index contributed by atoms with van der Waals surface area (Å²) < 4.78 is 13.1. The van der Waals surface area contributed by atoms with Crippen molar-refractivity contribution >= 4 is 0 Å². The van der Waals surface area contributed by atoms with Crippen LogP contribution in [0.3, 0.4) is 0 Å². The Balaban J connectivity index is 1.56. The fourth-order valence-corrected chi connectivity index (χ4v) is 5.73. The maximum atomic E-state index is 6.53. The molecule has 4 aromatic rings. The number of hydrogen-bond donors (Lipinski definition) is 0. The van der Waals surface area contributed by atoms with Crippen LogP contribution in [-0.4, -0.2) is 5.79 Å². The maximum absolute atomic E-state index is 6.53. The van der Waals surface area contributed by atoms with E-state index < -0.39 is 5.79 Å². The smallest absolute Gasteiger partial charge is 0.245 e. The Morgan fingerprint density at radius 3 is 1.24 bits per heavy atom. The lowest BCUT2D eigenvalue weighted by molar-refractivity contribution is -0.0778. The first-order valence-electron chi connectivity index (χ1n) is 12.0. The molecule has 0 saturated heterocycles. The maximum Gasteiger partial charge on any atom is 0.245 e. The number of benzene rings is 4. The second kappa shape index (κ2) is 7.24. The highest BCUT2D eigenvalue weighted by atomic mass is 16.7. The lowest BCUT2D eigenvalue weighted by Gasteiger charge is -2.26. The van der Waals surface area contributed by atoms with E-state index >= 15 is 0 Å². The second-order valence-corrected chi connectivity index (χ2v) is 10.6. The summed E-state index contributed by atoms with van der Waals surface area (Å²) in [4.78, 5) is 0. The molecule has 1 aliphatic heterocycles. The van der Waals surface area contributed by atoms with Gasteiger partial charge >= 0.3 is 0 Å². The molecule has 34 heavy (non-hydrogen) atoms. The SMILES string of the molecule is Cc1cc(C)cc(-c2cc3c4c(c2)OC(C)(C)Oc2cc(-c5cc(C)cc(C)c5)cc(c2-4)C3)c1. The van der Waals surface area contributed by atoms with Gasteiger partial charge in [0.05, 0.1) is 0 Å². The van der Waals surface area contributed by atoms with Gasteiger partial charge in [0.25, 0.3) is 0 Å². The summed E-state index contributed by atoms with van der Waals surface area (Å²) in [5.41, 5.74) is 14.9. The Kier molecular flexibility index (Phi) is 4.48. The molecular formula is C32H30O2. The molecule has 2 nitrogen and oxygen atoms in total. The fraction of sp³-hybridized carbons (Fsp3) is 0.250. The van der Waals surface area contributed by atoms with Gasteiger partial charge in [-0.15, -0.1) is 0 Å². The summed E-state index contributed by atoms with van der Waals surface area (Å²) in [6.45, 7) is 12.6. The molecule has 2 heteroatoms. The third-order valence-electron chi connectivity index (χ3n) is 6.82. The van der Waals surface area contributed by atoms with Crippen LogP contribution >= 0.6 is 0 Å². The average molecular weight is 447 g/mol. The van der Waals surface area contributed by atoms with Crippen molar-refractivity contribution in [1.82, 2.24) is 0 Å². The Morgan fingerprint density at radius 2 is 0.853 bits per heavy atom. The molecule has 0 fully saturated rings. The molecule has 4 aromatic carbocycles. The molecule has 0 atom stereocenters. The molecule has 0 amide bonds. The van der Waals surface area contributed by atoms with Crippen molar-refractivity contribution in [2.45, 2.75) is 53.8 Å². The van der Waals surface area contributed by atoms with Gasteiger partial charge in [-0.2, -0.15) is 0 Å². The van der Waals surface area contributed by atoms with Crippen LogP contribution in [0.2, 0.25) is 0 Å². The van der Waals surface area contributed by atoms with Crippen LogP contribution in [0.5, 0.6) is 11.5 Å². The van der Waals surface area contributed by atoms with E-state index in [0.29, 0.717) is 0 Å². The van der Waals surface area contributed by atoms with Crippen molar-refractivity contribution < 1.29 is 9.47 Å². The molecule has 0 unspecified atom stereocenters. The van der Waals surface area contributed by atoms with Crippen molar-refractivity contribution in [2.75, 3.05) is 0 Å². The Labute approximate surface area is 202 Å². The summed E-state index contributed by atoms with van der Waals surface area (Å²) in [5.74, 6) is 1.05. The molecule has 0 radical (unpaired) electrons. The summed E-state index contributed by atoms with van der Waals surface area (Å²) in [6, 6.07) is 22.5. The zero-order valence-corrected chi connectivity index (χ0v) is 20.8. The van der Waals surface area contributed by atoms with E-state index in [9.17, 15) is 0 Å². The van der Waals surface area contributed by atoms with Gasteiger partial charge in [-0.05, 0) is 91.8 Å². The molecule has 0 saturated carbocycles. The van der Waals surface area contributed by atoms with Crippen LogP contribution in [0.1, 0.15) is 47.2 Å². The topological polar surface area (TPSA) is 18.5 Å². The zero-order valence-electron chi connectivity index (χ0n) is 20.8. The predicted molar refractivity (Wildman–Crippen MR) is 140 cm³/mol. The van der Waals surface area contributed by atoms with Crippen molar-refractivity contribution in [3.05, 3.63) is 94.0 Å². The number of rotatable bonds is 2. The fourth-order valence-electron chi connectivity index (χ4n) is 5.73. The molecule has 1 aliphatic carbocycles. The Bertz CT molecular complexity index is 1340. The molecule has 6 rings (SSSR count). The predicted octanol–water partition coefficient (Wildman–Crippen LogP) is 8.33. The highest BCUT2D eigenvalue weighted by Gasteiger charge is 2.36. The van der Waals surface area contributed by atoms with Crippen molar-refractivity contribution in [3.8, 4) is 44.9 Å². The molecule has 0 spiro atoms. The van der Waals surface area contributed by atoms with Gasteiger partial charge in [-0.25, -0.2) is 0 Å². The normalized spacial score (nSPS) is 14.8. The van der Waals surface area contributed by atoms with Crippen LogP contribution in [0.15, 0.2) is 60.7 Å². The summed E-state index contributed by atoms with van der Waals surface area (Å²) in [7, 11) is 0. The van der Waals surface area contributed by atoms with Gasteiger partial charge in [0.1, 0.15) is 11.5 Å². The lowest BCUT2D eigenvalue weighted by Crippen LogP contribution is -2.34. The Morgan fingerprint density at radius 1 is 0.500 bits per heavy atom. The zero-order chi connectivity index (χ0) is 23.8. The third-order valence-corrected chi connectivity index (χ3v) is 6.82. The number of ether oxygens (including phenoxy) is 2. The molecular weight excluding hydrogens is 416 g/mol. The molecule has 2 aliphatic rings. The van der Waals surface area contributed by atoms with E-state index in [0.717, 1.165) is 17.9 Å². The highest BCUT2D eigenvalue weighted by molar-refractivity contribution is 5.91. The number of aryl methyl sites for hydroxylation is 4. The minimum absolute atomic E-state index is 0.770. The highest BCUT2D eigenvalue weighted by Crippen LogP contribution is 2.53. The van der Waals surface area contributed by atoms with Crippen LogP contribution < -0.4 is 9.47 Å². The van der Waals surface area contributed by atoms with Crippen molar-refractivity contribution in [1.29, 1.82) is 0 Å². The van der Waals surface area contributed by atoms with Crippen molar-refractivity contribution in [3.63, 3.8) is 0 Å². The van der Waals surface area contributed by atoms with Gasteiger partial charge in [-0.3, -0.25) is 0 Å². The van der Waals surface area contributed by atoms with Gasteiger partial charge in [-0.1, -0.05) is 58.7 Å². The standard InChI is InChI=1S/C32H30O2/c1-18-7-19(2)10-22(9-18)24-13-26-15-27-14-25(23-11-20(3)8-21(4)12-23)17-29-31(27)30(26)28(16-24)33-32(5,6)34-29/h7-14,16-17H,15H2,1-6H3. The van der Waals surface area contributed by atoms with Gasteiger partial charge < -0.3 is 9.47 Å². The van der Waals surface area contributed by atoms with E-state index in [4.69, 9.17) is 9.47 Å². The second-order valence-electron chi connectivity index (χ2n) is 10.6. The van der Waals surface area contributed by atoms with E-state index in [1.54, 1.807) is 0 Å². The molecule has 0 aromatic heterocycles. The molecule has 170 valence electrons. The van der Waals surface area contributed by atoms with Gasteiger partial charge in [0, 0.05) is 25.0 Å². The Hall–Kier alpha value is -3.52. The van der Waals surface area contributed by atoms with Gasteiger partial charge in [0.2, 0.25) is 5.79 Å². The van der Waals surface area contributed by atoms with E-state index in [-0.39, 0.29) is 0 Å². The molecule has 0 bridgehead atoms. The van der Waals surface area contributed by atoms with E-state index in [1.807, 2.05) is 13.8 Å². The molecule has 0 N–H and O–H groups in total. The van der Waals surface area contributed by atoms with Crippen LogP contribution in [0.4, 0.5) is 0 Å². The minimum Gasteiger partial charge on any atom is -0.452 e. The minimum atomic E-state index is -0.770. The van der Waals surface area contributed by atoms with Crippen molar-refractivity contribution in [2.24, 2.45) is 0 Å². The van der Waals surface area contributed by atoms with E-state index in [2.05, 4.69) is 88.4 Å². The quantitative estimate of drug-likeness (QED) is 0.271. The van der Waals surface area contributed by atoms with Crippen LogP contribution in [0.25, 0.3) is 33.4 Å². The first kappa shape index (κ1) is 21.0. The average Bonchev–Trinajstić information content (AvgIpc) is 3.04. The monoisotopic (exact) mass is 446 g/mol. The van der Waals surface area contributed by atoms with Crippen LogP contribution in [0, 0.1) is 27.7 Å². The first-order chi connectivity index (χ1) is 16.1. The first-order valence-corrected chi connectivity index (χ1v) is 12.0. The molecule has 1 heterocycles. The van der Waals surface area contributed by atoms with E-state index in [1.165, 1.54) is 66.8 Å². The summed E-state index contributed by atoms with van der Waals surface area (Å²) in [6.07, 6.45) is 0.884. The summed E-state index contributed by atoms with van der Waals surface area (Å²) >= 11 is 0. The number of hydrogen-bond acceptors (Lipinski definition) is 2. The third kappa shape index (κ3) is 3.49. The van der Waals surface area contributed by atoms with Crippen LogP contribution in [-0.2, 0) is 6.42 Å².